The number of carboxylic acid groups (broad SMARTS) is 1. The number of carbonyl (C=O) groups excluding carboxylic acids is 1. The van der Waals surface area contributed by atoms with E-state index >= 15 is 0 Å². The van der Waals surface area contributed by atoms with Crippen molar-refractivity contribution in [3.63, 3.8) is 0 Å². The predicted molar refractivity (Wildman–Crippen MR) is 111 cm³/mol. The van der Waals surface area contributed by atoms with Crippen LogP contribution in [0.15, 0.2) is 47.2 Å². The van der Waals surface area contributed by atoms with Crippen molar-refractivity contribution in [1.29, 1.82) is 0 Å². The summed E-state index contributed by atoms with van der Waals surface area (Å²) < 4.78 is 0.121. The summed E-state index contributed by atoms with van der Waals surface area (Å²) in [4.78, 5) is 15.8. The highest BCUT2D eigenvalue weighted by Crippen LogP contribution is 2.28. The first-order valence-corrected chi connectivity index (χ1v) is 10.6. The van der Waals surface area contributed by atoms with E-state index in [1.165, 1.54) is 57.8 Å². The molecule has 1 unspecified atom stereocenters. The highest BCUT2D eigenvalue weighted by atomic mass is 16.4. The molecular formula is C23H34N2O2. The molecule has 1 aliphatic rings. The number of benzene rings is 1. The van der Waals surface area contributed by atoms with Crippen molar-refractivity contribution in [2.45, 2.75) is 77.6 Å². The molecule has 1 aromatic rings. The molecule has 1 atom stereocenters. The standard InChI is InChI=1S/C23H34N2O2/c1-2-3-4-5-6-7-8-9-10-12-15-21-18-25(20-24-21,19-23(26)27)22-16-13-11-14-17-22/h11,13-14,16-18,20H,2-10,12,15,19H2,1H3. The monoisotopic (exact) mass is 370 g/mol. The van der Waals surface area contributed by atoms with Gasteiger partial charge in [-0.1, -0.05) is 82.9 Å². The number of aliphatic carboxylic acids is 1. The van der Waals surface area contributed by atoms with E-state index in [0.29, 0.717) is 0 Å². The van der Waals surface area contributed by atoms with Gasteiger partial charge in [-0.25, -0.2) is 9.48 Å². The van der Waals surface area contributed by atoms with Crippen molar-refractivity contribution in [3.05, 3.63) is 42.2 Å². The van der Waals surface area contributed by atoms with Crippen molar-refractivity contribution < 1.29 is 9.90 Å². The molecular weight excluding hydrogens is 336 g/mol. The van der Waals surface area contributed by atoms with Crippen LogP contribution in [0.25, 0.3) is 0 Å². The van der Waals surface area contributed by atoms with Crippen LogP contribution in [0, 0.1) is 0 Å². The molecule has 4 nitrogen and oxygen atoms in total. The Labute approximate surface area is 164 Å². The number of rotatable bonds is 14. The zero-order chi connectivity index (χ0) is 19.4. The summed E-state index contributed by atoms with van der Waals surface area (Å²) in [6.45, 7) is 2.14. The van der Waals surface area contributed by atoms with E-state index in [1.807, 2.05) is 36.5 Å². The van der Waals surface area contributed by atoms with Crippen LogP contribution in [0.5, 0.6) is 0 Å². The Kier molecular flexibility index (Phi) is 9.26. The second kappa shape index (κ2) is 11.7. The molecule has 1 aliphatic heterocycles. The molecule has 0 aromatic heterocycles. The summed E-state index contributed by atoms with van der Waals surface area (Å²) in [7, 11) is 0. The molecule has 0 saturated carbocycles. The van der Waals surface area contributed by atoms with E-state index in [2.05, 4.69) is 11.9 Å². The largest absolute Gasteiger partial charge is 0.544 e. The summed E-state index contributed by atoms with van der Waals surface area (Å²) in [6, 6.07) is 9.66. The summed E-state index contributed by atoms with van der Waals surface area (Å²) in [5.41, 5.74) is 1.89. The second-order valence-electron chi connectivity index (χ2n) is 7.59. The van der Waals surface area contributed by atoms with Gasteiger partial charge in [-0.15, -0.1) is 0 Å². The van der Waals surface area contributed by atoms with Gasteiger partial charge < -0.3 is 9.90 Å². The molecule has 0 spiro atoms. The minimum atomic E-state index is -1.07. The molecule has 1 aromatic carbocycles. The van der Waals surface area contributed by atoms with Gasteiger partial charge in [0.15, 0.2) is 0 Å². The fourth-order valence-electron chi connectivity index (χ4n) is 3.67. The molecule has 0 radical (unpaired) electrons. The van der Waals surface area contributed by atoms with E-state index in [1.54, 1.807) is 6.34 Å². The Balaban J connectivity index is 1.73. The van der Waals surface area contributed by atoms with Gasteiger partial charge in [0.2, 0.25) is 6.34 Å². The lowest BCUT2D eigenvalue weighted by atomic mass is 10.1. The Hall–Kier alpha value is -1.94. The minimum absolute atomic E-state index is 0.116. The maximum absolute atomic E-state index is 11.3. The summed E-state index contributed by atoms with van der Waals surface area (Å²) in [5, 5.41) is 11.3. The molecule has 0 fully saturated rings. The van der Waals surface area contributed by atoms with Gasteiger partial charge in [-0.2, -0.15) is 0 Å². The quantitative estimate of drug-likeness (QED) is 0.344. The molecule has 0 N–H and O–H groups in total. The van der Waals surface area contributed by atoms with Crippen molar-refractivity contribution in [3.8, 4) is 0 Å². The van der Waals surface area contributed by atoms with Gasteiger partial charge in [0.05, 0.1) is 11.7 Å². The first-order valence-electron chi connectivity index (χ1n) is 10.6. The van der Waals surface area contributed by atoms with E-state index in [0.717, 1.165) is 24.2 Å². The average Bonchev–Trinajstić information content (AvgIpc) is 3.07. The van der Waals surface area contributed by atoms with Crippen LogP contribution < -0.4 is 9.59 Å². The van der Waals surface area contributed by atoms with E-state index < -0.39 is 5.97 Å². The smallest absolute Gasteiger partial charge is 0.200 e. The Morgan fingerprint density at radius 3 is 2.11 bits per heavy atom. The van der Waals surface area contributed by atoms with E-state index in [-0.39, 0.29) is 11.0 Å². The van der Waals surface area contributed by atoms with Crippen molar-refractivity contribution >= 4 is 18.0 Å². The van der Waals surface area contributed by atoms with Gasteiger partial charge in [-0.05, 0) is 25.0 Å². The molecule has 2 rings (SSSR count). The van der Waals surface area contributed by atoms with Gasteiger partial charge in [0.25, 0.3) is 0 Å². The molecule has 0 aliphatic carbocycles. The summed E-state index contributed by atoms with van der Waals surface area (Å²) >= 11 is 0. The zero-order valence-corrected chi connectivity index (χ0v) is 16.7. The lowest BCUT2D eigenvalue weighted by Crippen LogP contribution is -2.49. The maximum Gasteiger partial charge on any atom is 0.200 e. The Morgan fingerprint density at radius 2 is 1.52 bits per heavy atom. The van der Waals surface area contributed by atoms with Crippen LogP contribution in [0.2, 0.25) is 0 Å². The second-order valence-corrected chi connectivity index (χ2v) is 7.59. The van der Waals surface area contributed by atoms with Crippen molar-refractivity contribution in [2.75, 3.05) is 6.54 Å². The minimum Gasteiger partial charge on any atom is -0.544 e. The number of unbranched alkanes of at least 4 members (excludes halogenated alkanes) is 9. The van der Waals surface area contributed by atoms with E-state index in [9.17, 15) is 9.90 Å². The summed E-state index contributed by atoms with van der Waals surface area (Å²) in [5.74, 6) is -1.07. The third kappa shape index (κ3) is 7.30. The lowest BCUT2D eigenvalue weighted by molar-refractivity contribution is -0.304. The first kappa shape index (κ1) is 21.4. The molecule has 1 heterocycles. The normalized spacial score (nSPS) is 18.6. The van der Waals surface area contributed by atoms with E-state index in [4.69, 9.17) is 0 Å². The van der Waals surface area contributed by atoms with Gasteiger partial charge >= 0.3 is 0 Å². The summed E-state index contributed by atoms with van der Waals surface area (Å²) in [6.07, 6.45) is 17.7. The Morgan fingerprint density at radius 1 is 0.926 bits per heavy atom. The number of aliphatic imine (C=N–C) groups is 1. The zero-order valence-electron chi connectivity index (χ0n) is 16.7. The average molecular weight is 371 g/mol. The molecule has 0 bridgehead atoms. The van der Waals surface area contributed by atoms with Crippen LogP contribution in [0.1, 0.15) is 77.6 Å². The highest BCUT2D eigenvalue weighted by molar-refractivity contribution is 5.85. The first-order chi connectivity index (χ1) is 13.2. The third-order valence-corrected chi connectivity index (χ3v) is 5.22. The number of nitrogens with zero attached hydrogens (tertiary/aromatic N) is 2. The van der Waals surface area contributed by atoms with Gasteiger partial charge in [0, 0.05) is 0 Å². The Bertz CT molecular complexity index is 625. The highest BCUT2D eigenvalue weighted by Gasteiger charge is 2.32. The number of carboxylic acids is 1. The predicted octanol–water partition coefficient (Wildman–Crippen LogP) is 4.94. The SMILES string of the molecule is CCCCCCCCCCCCC1=C[N+](CC(=O)[O-])(c2ccccc2)C=N1. The van der Waals surface area contributed by atoms with Crippen LogP contribution in [0.4, 0.5) is 5.69 Å². The number of hydrogen-bond donors (Lipinski definition) is 0. The van der Waals surface area contributed by atoms with Crippen LogP contribution in [0.3, 0.4) is 0 Å². The maximum atomic E-state index is 11.3. The fourth-order valence-corrected chi connectivity index (χ4v) is 3.67. The number of carbonyl (C=O) groups is 1. The number of allylic oxidation sites excluding steroid dienone is 1. The molecule has 0 saturated heterocycles. The molecule has 27 heavy (non-hydrogen) atoms. The van der Waals surface area contributed by atoms with Crippen LogP contribution >= 0.6 is 0 Å². The van der Waals surface area contributed by atoms with Crippen LogP contribution in [-0.2, 0) is 4.79 Å². The number of hydrogen-bond acceptors (Lipinski definition) is 3. The lowest BCUT2D eigenvalue weighted by Gasteiger charge is -2.27. The van der Waals surface area contributed by atoms with Gasteiger partial charge in [0.1, 0.15) is 18.4 Å². The number of quaternary nitrogens is 1. The molecule has 148 valence electrons. The van der Waals surface area contributed by atoms with Crippen molar-refractivity contribution in [2.24, 2.45) is 4.99 Å². The topological polar surface area (TPSA) is 52.5 Å². The number of para-hydroxylation sites is 1. The molecule has 4 heteroatoms. The van der Waals surface area contributed by atoms with Gasteiger partial charge in [-0.3, -0.25) is 0 Å². The van der Waals surface area contributed by atoms with Crippen molar-refractivity contribution in [1.82, 2.24) is 4.48 Å². The molecule has 0 amide bonds. The van der Waals surface area contributed by atoms with Crippen LogP contribution in [-0.4, -0.2) is 18.9 Å². The fraction of sp³-hybridized carbons (Fsp3) is 0.565. The third-order valence-electron chi connectivity index (χ3n) is 5.22.